The molecule has 0 aliphatic carbocycles. The molecule has 5 aromatic rings. The third-order valence-electron chi connectivity index (χ3n) is 5.99. The van der Waals surface area contributed by atoms with Crippen molar-refractivity contribution >= 4 is 27.8 Å². The number of rotatable bonds is 6. The smallest absolute Gasteiger partial charge is 0.256 e. The van der Waals surface area contributed by atoms with Crippen molar-refractivity contribution in [2.45, 2.75) is 26.6 Å². The number of carbonyl (C=O) groups excluding carboxylic acids is 1. The number of nitrogens with zero attached hydrogens (tertiary/aromatic N) is 4. The number of aryl methyl sites for hydroxylation is 1. The number of hydrogen-bond donors (Lipinski definition) is 0. The molecule has 160 valence electrons. The van der Waals surface area contributed by atoms with Gasteiger partial charge in [0.05, 0.1) is 23.1 Å². The van der Waals surface area contributed by atoms with Gasteiger partial charge >= 0.3 is 0 Å². The van der Waals surface area contributed by atoms with E-state index in [4.69, 9.17) is 4.98 Å². The van der Waals surface area contributed by atoms with Gasteiger partial charge < -0.3 is 14.0 Å². The van der Waals surface area contributed by atoms with Crippen LogP contribution in [0.4, 0.5) is 0 Å². The molecule has 0 saturated heterocycles. The Bertz CT molecular complexity index is 1400. The van der Waals surface area contributed by atoms with E-state index in [2.05, 4.69) is 40.3 Å². The maximum Gasteiger partial charge on any atom is 0.256 e. The average Bonchev–Trinajstić information content (AvgIpc) is 3.37. The highest BCUT2D eigenvalue weighted by atomic mass is 16.2. The van der Waals surface area contributed by atoms with Crippen molar-refractivity contribution in [3.05, 3.63) is 102 Å². The van der Waals surface area contributed by atoms with Gasteiger partial charge in [0.25, 0.3) is 5.91 Å². The van der Waals surface area contributed by atoms with Gasteiger partial charge in [-0.25, -0.2) is 4.98 Å². The summed E-state index contributed by atoms with van der Waals surface area (Å²) in [5.41, 5.74) is 5.05. The normalized spacial score (nSPS) is 11.3. The number of benzene rings is 3. The number of para-hydroxylation sites is 3. The van der Waals surface area contributed by atoms with Crippen molar-refractivity contribution in [3.63, 3.8) is 0 Å². The highest BCUT2D eigenvalue weighted by molar-refractivity contribution is 6.06. The molecule has 0 fully saturated rings. The Morgan fingerprint density at radius 2 is 1.59 bits per heavy atom. The van der Waals surface area contributed by atoms with Gasteiger partial charge in [-0.3, -0.25) is 4.79 Å². The summed E-state index contributed by atoms with van der Waals surface area (Å²) >= 11 is 0. The van der Waals surface area contributed by atoms with Crippen LogP contribution in [0.3, 0.4) is 0 Å². The predicted molar refractivity (Wildman–Crippen MR) is 129 cm³/mol. The Hall–Kier alpha value is -3.86. The number of amides is 1. The molecule has 3 aromatic carbocycles. The number of fused-ring (bicyclic) bond motifs is 2. The molecule has 1 amide bonds. The number of imidazole rings is 1. The molecular formula is C27H26N4O. The molecule has 2 aromatic heterocycles. The predicted octanol–water partition coefficient (Wildman–Crippen LogP) is 5.33. The van der Waals surface area contributed by atoms with Gasteiger partial charge in [-0.15, -0.1) is 0 Å². The average molecular weight is 423 g/mol. The lowest BCUT2D eigenvalue weighted by atomic mass is 10.1. The molecule has 0 bridgehead atoms. The summed E-state index contributed by atoms with van der Waals surface area (Å²) in [5.74, 6) is 0.903. The third-order valence-corrected chi connectivity index (χ3v) is 5.99. The first-order valence-corrected chi connectivity index (χ1v) is 11.0. The quantitative estimate of drug-likeness (QED) is 0.371. The van der Waals surface area contributed by atoms with Gasteiger partial charge in [0.2, 0.25) is 0 Å². The molecule has 0 radical (unpaired) electrons. The zero-order chi connectivity index (χ0) is 22.1. The van der Waals surface area contributed by atoms with E-state index in [9.17, 15) is 4.79 Å². The van der Waals surface area contributed by atoms with Crippen LogP contribution < -0.4 is 0 Å². The van der Waals surface area contributed by atoms with Crippen LogP contribution in [-0.2, 0) is 19.6 Å². The fourth-order valence-corrected chi connectivity index (χ4v) is 4.42. The van der Waals surface area contributed by atoms with Crippen LogP contribution in [0.15, 0.2) is 85.1 Å². The molecule has 0 atom stereocenters. The molecule has 5 heteroatoms. The maximum absolute atomic E-state index is 13.5. The number of hydrogen-bond acceptors (Lipinski definition) is 2. The second kappa shape index (κ2) is 8.35. The Balaban J connectivity index is 1.47. The number of aromatic nitrogens is 3. The van der Waals surface area contributed by atoms with Crippen molar-refractivity contribution in [2.75, 3.05) is 7.05 Å². The highest BCUT2D eigenvalue weighted by Crippen LogP contribution is 2.24. The lowest BCUT2D eigenvalue weighted by Gasteiger charge is -2.17. The SMILES string of the molecule is CCn1c(CN(C)C(=O)c2cn(Cc3ccccc3)c3ccccc23)nc2ccccc21. The van der Waals surface area contributed by atoms with Crippen molar-refractivity contribution in [1.82, 2.24) is 19.0 Å². The first kappa shape index (κ1) is 20.1. The van der Waals surface area contributed by atoms with Crippen molar-refractivity contribution in [2.24, 2.45) is 0 Å². The van der Waals surface area contributed by atoms with Crippen LogP contribution >= 0.6 is 0 Å². The first-order valence-electron chi connectivity index (χ1n) is 11.0. The van der Waals surface area contributed by atoms with E-state index >= 15 is 0 Å². The van der Waals surface area contributed by atoms with Crippen LogP contribution in [-0.4, -0.2) is 32.0 Å². The van der Waals surface area contributed by atoms with Crippen LogP contribution in [0.2, 0.25) is 0 Å². The van der Waals surface area contributed by atoms with Gasteiger partial charge in [0, 0.05) is 37.2 Å². The van der Waals surface area contributed by atoms with E-state index < -0.39 is 0 Å². The largest absolute Gasteiger partial charge is 0.342 e. The van der Waals surface area contributed by atoms with Gasteiger partial charge in [0.1, 0.15) is 5.82 Å². The fourth-order valence-electron chi connectivity index (χ4n) is 4.42. The molecule has 0 aliphatic rings. The van der Waals surface area contributed by atoms with Crippen molar-refractivity contribution < 1.29 is 4.79 Å². The summed E-state index contributed by atoms with van der Waals surface area (Å²) in [6.07, 6.45) is 1.99. The fraction of sp³-hybridized carbons (Fsp3) is 0.185. The Morgan fingerprint density at radius 1 is 0.906 bits per heavy atom. The van der Waals surface area contributed by atoms with E-state index in [1.807, 2.05) is 67.8 Å². The number of carbonyl (C=O) groups is 1. The molecule has 5 rings (SSSR count). The van der Waals surface area contributed by atoms with Crippen molar-refractivity contribution in [3.8, 4) is 0 Å². The lowest BCUT2D eigenvalue weighted by Crippen LogP contribution is -2.27. The maximum atomic E-state index is 13.5. The summed E-state index contributed by atoms with van der Waals surface area (Å²) < 4.78 is 4.34. The summed E-state index contributed by atoms with van der Waals surface area (Å²) in [6.45, 7) is 4.11. The van der Waals surface area contributed by atoms with Crippen LogP contribution in [0.5, 0.6) is 0 Å². The Kier molecular flexibility index (Phi) is 5.23. The van der Waals surface area contributed by atoms with Gasteiger partial charge in [-0.1, -0.05) is 60.7 Å². The lowest BCUT2D eigenvalue weighted by molar-refractivity contribution is 0.0782. The molecule has 32 heavy (non-hydrogen) atoms. The standard InChI is InChI=1S/C27H26N4O/c1-3-31-25-16-10-8-14-23(25)28-26(31)19-29(2)27(32)22-18-30(17-20-11-5-4-6-12-20)24-15-9-7-13-21(22)24/h4-16,18H,3,17,19H2,1-2H3. The molecule has 0 N–H and O–H groups in total. The van der Waals surface area contributed by atoms with E-state index in [0.29, 0.717) is 6.54 Å². The third kappa shape index (κ3) is 3.56. The van der Waals surface area contributed by atoms with Gasteiger partial charge in [0.15, 0.2) is 0 Å². The Labute approximate surface area is 187 Å². The molecule has 2 heterocycles. The van der Waals surface area contributed by atoms with E-state index in [0.717, 1.165) is 46.4 Å². The minimum absolute atomic E-state index is 0.00252. The summed E-state index contributed by atoms with van der Waals surface area (Å²) in [4.78, 5) is 20.1. The van der Waals surface area contributed by atoms with E-state index in [1.165, 1.54) is 5.56 Å². The summed E-state index contributed by atoms with van der Waals surface area (Å²) in [7, 11) is 1.85. The molecule has 0 aliphatic heterocycles. The second-order valence-electron chi connectivity index (χ2n) is 8.10. The van der Waals surface area contributed by atoms with Crippen LogP contribution in [0.1, 0.15) is 28.7 Å². The highest BCUT2D eigenvalue weighted by Gasteiger charge is 2.20. The molecule has 0 unspecified atom stereocenters. The minimum atomic E-state index is 0.00252. The van der Waals surface area contributed by atoms with E-state index in [-0.39, 0.29) is 5.91 Å². The second-order valence-corrected chi connectivity index (χ2v) is 8.10. The van der Waals surface area contributed by atoms with Crippen LogP contribution in [0.25, 0.3) is 21.9 Å². The van der Waals surface area contributed by atoms with Gasteiger partial charge in [-0.05, 0) is 30.7 Å². The van der Waals surface area contributed by atoms with Crippen LogP contribution in [0, 0.1) is 0 Å². The zero-order valence-electron chi connectivity index (χ0n) is 18.4. The summed E-state index contributed by atoms with van der Waals surface area (Å²) in [5, 5.41) is 0.976. The molecule has 5 nitrogen and oxygen atoms in total. The van der Waals surface area contributed by atoms with E-state index in [1.54, 1.807) is 4.90 Å². The monoisotopic (exact) mass is 422 g/mol. The minimum Gasteiger partial charge on any atom is -0.342 e. The van der Waals surface area contributed by atoms with Gasteiger partial charge in [-0.2, -0.15) is 0 Å². The summed E-state index contributed by atoms with van der Waals surface area (Å²) in [6, 6.07) is 26.5. The molecule has 0 saturated carbocycles. The van der Waals surface area contributed by atoms with Crippen molar-refractivity contribution in [1.29, 1.82) is 0 Å². The first-order chi connectivity index (χ1) is 15.7. The topological polar surface area (TPSA) is 43.1 Å². The zero-order valence-corrected chi connectivity index (χ0v) is 18.4. The Morgan fingerprint density at radius 3 is 2.38 bits per heavy atom. The molecular weight excluding hydrogens is 396 g/mol. The molecule has 0 spiro atoms.